The Hall–Kier alpha value is -1.60. The number of nitriles is 1. The average Bonchev–Trinajstić information content (AvgIpc) is 2.38. The molecule has 2 rings (SSSR count). The molecule has 1 atom stereocenters. The Morgan fingerprint density at radius 2 is 2.39 bits per heavy atom. The van der Waals surface area contributed by atoms with E-state index in [4.69, 9.17) is 5.26 Å². The maximum absolute atomic E-state index is 9.15. The number of likely N-dealkylation sites (tertiary alicyclic amines) is 1. The molecule has 0 saturated carbocycles. The fourth-order valence-corrected chi connectivity index (χ4v) is 2.45. The minimum Gasteiger partial charge on any atom is -0.367 e. The van der Waals surface area contributed by atoms with Gasteiger partial charge >= 0.3 is 0 Å². The van der Waals surface area contributed by atoms with Crippen LogP contribution in [0.25, 0.3) is 0 Å². The van der Waals surface area contributed by atoms with E-state index in [1.807, 2.05) is 13.0 Å². The van der Waals surface area contributed by atoms with E-state index in [0.717, 1.165) is 17.9 Å². The topological polar surface area (TPSA) is 52.0 Å². The molecule has 1 unspecified atom stereocenters. The van der Waals surface area contributed by atoms with Gasteiger partial charge in [-0.25, -0.2) is 4.98 Å². The molecule has 1 N–H and O–H groups in total. The molecule has 1 aliphatic heterocycles. The average molecular weight is 244 g/mol. The zero-order chi connectivity index (χ0) is 13.0. The Bertz CT molecular complexity index is 450. The summed E-state index contributed by atoms with van der Waals surface area (Å²) in [6.45, 7) is 3.97. The number of aromatic nitrogens is 1. The summed E-state index contributed by atoms with van der Waals surface area (Å²) < 4.78 is 0. The van der Waals surface area contributed by atoms with Crippen molar-refractivity contribution in [1.82, 2.24) is 9.88 Å². The number of piperidine rings is 1. The second-order valence-electron chi connectivity index (χ2n) is 4.97. The molecule has 1 aromatic heterocycles. The predicted octanol–water partition coefficient (Wildman–Crippen LogP) is 2.16. The van der Waals surface area contributed by atoms with Gasteiger partial charge in [-0.1, -0.05) is 6.42 Å². The van der Waals surface area contributed by atoms with Gasteiger partial charge in [0.15, 0.2) is 0 Å². The molecule has 0 amide bonds. The largest absolute Gasteiger partial charge is 0.367 e. The Morgan fingerprint density at radius 1 is 1.56 bits per heavy atom. The van der Waals surface area contributed by atoms with Crippen LogP contribution < -0.4 is 5.32 Å². The zero-order valence-electron chi connectivity index (χ0n) is 11.1. The van der Waals surface area contributed by atoms with Crippen molar-refractivity contribution >= 4 is 5.82 Å². The second-order valence-corrected chi connectivity index (χ2v) is 4.97. The SMILES string of the molecule is Cc1ccnc(NCC2CCCCN2C)c1C#N. The minimum absolute atomic E-state index is 0.549. The Balaban J connectivity index is 2.02. The molecule has 1 saturated heterocycles. The molecule has 1 aromatic rings. The van der Waals surface area contributed by atoms with E-state index in [-0.39, 0.29) is 0 Å². The zero-order valence-corrected chi connectivity index (χ0v) is 11.1. The summed E-state index contributed by atoms with van der Waals surface area (Å²) in [5, 5.41) is 12.5. The third kappa shape index (κ3) is 2.80. The summed E-state index contributed by atoms with van der Waals surface area (Å²) in [5.41, 5.74) is 1.64. The van der Waals surface area contributed by atoms with Gasteiger partial charge in [-0.05, 0) is 45.0 Å². The van der Waals surface area contributed by atoms with Crippen LogP contribution in [-0.4, -0.2) is 36.1 Å². The standard InChI is InChI=1S/C14H20N4/c1-11-6-7-16-14(13(11)9-15)17-10-12-5-3-4-8-18(12)2/h6-7,12H,3-5,8,10H2,1-2H3,(H,16,17). The van der Waals surface area contributed by atoms with Crippen molar-refractivity contribution in [3.8, 4) is 6.07 Å². The number of hydrogen-bond acceptors (Lipinski definition) is 4. The van der Waals surface area contributed by atoms with E-state index >= 15 is 0 Å². The van der Waals surface area contributed by atoms with Crippen molar-refractivity contribution in [2.45, 2.75) is 32.2 Å². The maximum Gasteiger partial charge on any atom is 0.144 e. The van der Waals surface area contributed by atoms with Gasteiger partial charge in [0.1, 0.15) is 11.9 Å². The highest BCUT2D eigenvalue weighted by Gasteiger charge is 2.19. The molecule has 0 radical (unpaired) electrons. The van der Waals surface area contributed by atoms with Gasteiger partial charge in [-0.3, -0.25) is 0 Å². The lowest BCUT2D eigenvalue weighted by molar-refractivity contribution is 0.194. The van der Waals surface area contributed by atoms with Gasteiger partial charge in [0.25, 0.3) is 0 Å². The molecule has 0 spiro atoms. The first-order valence-corrected chi connectivity index (χ1v) is 6.52. The molecule has 96 valence electrons. The summed E-state index contributed by atoms with van der Waals surface area (Å²) >= 11 is 0. The van der Waals surface area contributed by atoms with Crippen LogP contribution in [0.15, 0.2) is 12.3 Å². The monoisotopic (exact) mass is 244 g/mol. The van der Waals surface area contributed by atoms with E-state index in [1.165, 1.54) is 25.8 Å². The summed E-state index contributed by atoms with van der Waals surface area (Å²) in [4.78, 5) is 6.65. The number of pyridine rings is 1. The van der Waals surface area contributed by atoms with Crippen molar-refractivity contribution < 1.29 is 0 Å². The smallest absolute Gasteiger partial charge is 0.144 e. The number of rotatable bonds is 3. The minimum atomic E-state index is 0.549. The van der Waals surface area contributed by atoms with Crippen LogP contribution in [0, 0.1) is 18.3 Å². The van der Waals surface area contributed by atoms with Crippen LogP contribution in [0.2, 0.25) is 0 Å². The highest BCUT2D eigenvalue weighted by atomic mass is 15.2. The van der Waals surface area contributed by atoms with Gasteiger partial charge in [-0.15, -0.1) is 0 Å². The lowest BCUT2D eigenvalue weighted by atomic mass is 10.0. The number of hydrogen-bond donors (Lipinski definition) is 1. The van der Waals surface area contributed by atoms with Gasteiger partial charge in [0, 0.05) is 18.8 Å². The number of aryl methyl sites for hydroxylation is 1. The van der Waals surface area contributed by atoms with Crippen LogP contribution >= 0.6 is 0 Å². The van der Waals surface area contributed by atoms with Crippen LogP contribution in [0.5, 0.6) is 0 Å². The third-order valence-electron chi connectivity index (χ3n) is 3.70. The Kier molecular flexibility index (Phi) is 4.16. The van der Waals surface area contributed by atoms with E-state index in [0.29, 0.717) is 11.6 Å². The number of likely N-dealkylation sites (N-methyl/N-ethyl adjacent to an activating group) is 1. The fraction of sp³-hybridized carbons (Fsp3) is 0.571. The van der Waals surface area contributed by atoms with Crippen molar-refractivity contribution in [2.75, 3.05) is 25.5 Å². The van der Waals surface area contributed by atoms with Crippen LogP contribution in [0.3, 0.4) is 0 Å². The molecule has 0 aliphatic carbocycles. The lowest BCUT2D eigenvalue weighted by Gasteiger charge is -2.32. The summed E-state index contributed by atoms with van der Waals surface area (Å²) in [7, 11) is 2.17. The van der Waals surface area contributed by atoms with Crippen molar-refractivity contribution in [3.05, 3.63) is 23.4 Å². The molecule has 0 bridgehead atoms. The van der Waals surface area contributed by atoms with E-state index < -0.39 is 0 Å². The number of nitrogens with one attached hydrogen (secondary N) is 1. The first-order valence-electron chi connectivity index (χ1n) is 6.52. The van der Waals surface area contributed by atoms with Crippen LogP contribution in [0.4, 0.5) is 5.82 Å². The second kappa shape index (κ2) is 5.83. The lowest BCUT2D eigenvalue weighted by Crippen LogP contribution is -2.40. The summed E-state index contributed by atoms with van der Waals surface area (Å²) in [6.07, 6.45) is 5.56. The first-order chi connectivity index (χ1) is 8.72. The normalized spacial score (nSPS) is 20.4. The highest BCUT2D eigenvalue weighted by Crippen LogP contribution is 2.18. The molecular formula is C14H20N4. The third-order valence-corrected chi connectivity index (χ3v) is 3.70. The van der Waals surface area contributed by atoms with Gasteiger partial charge < -0.3 is 10.2 Å². The van der Waals surface area contributed by atoms with Gasteiger partial charge in [0.2, 0.25) is 0 Å². The maximum atomic E-state index is 9.15. The molecule has 0 aromatic carbocycles. The van der Waals surface area contributed by atoms with Crippen molar-refractivity contribution in [3.63, 3.8) is 0 Å². The molecule has 1 aliphatic rings. The van der Waals surface area contributed by atoms with Crippen molar-refractivity contribution in [1.29, 1.82) is 5.26 Å². The number of anilines is 1. The first kappa shape index (κ1) is 12.8. The molecular weight excluding hydrogens is 224 g/mol. The van der Waals surface area contributed by atoms with Crippen LogP contribution in [-0.2, 0) is 0 Å². The molecule has 18 heavy (non-hydrogen) atoms. The van der Waals surface area contributed by atoms with Gasteiger partial charge in [0.05, 0.1) is 5.56 Å². The summed E-state index contributed by atoms with van der Waals surface area (Å²) in [5.74, 6) is 0.719. The molecule has 4 nitrogen and oxygen atoms in total. The molecule has 1 fully saturated rings. The Labute approximate surface area is 109 Å². The quantitative estimate of drug-likeness (QED) is 0.885. The molecule has 4 heteroatoms. The van der Waals surface area contributed by atoms with E-state index in [1.54, 1.807) is 6.20 Å². The van der Waals surface area contributed by atoms with E-state index in [9.17, 15) is 0 Å². The van der Waals surface area contributed by atoms with Gasteiger partial charge in [-0.2, -0.15) is 5.26 Å². The summed E-state index contributed by atoms with van der Waals surface area (Å²) in [6, 6.07) is 4.64. The molecule has 2 heterocycles. The predicted molar refractivity (Wildman–Crippen MR) is 72.4 cm³/mol. The van der Waals surface area contributed by atoms with Crippen molar-refractivity contribution in [2.24, 2.45) is 0 Å². The van der Waals surface area contributed by atoms with Crippen LogP contribution in [0.1, 0.15) is 30.4 Å². The van der Waals surface area contributed by atoms with E-state index in [2.05, 4.69) is 28.3 Å². The highest BCUT2D eigenvalue weighted by molar-refractivity contribution is 5.55. The number of nitrogens with zero attached hydrogens (tertiary/aromatic N) is 3. The fourth-order valence-electron chi connectivity index (χ4n) is 2.45. The Morgan fingerprint density at radius 3 is 3.11 bits per heavy atom.